The summed E-state index contributed by atoms with van der Waals surface area (Å²) in [5.74, 6) is 0.710. The van der Waals surface area contributed by atoms with Gasteiger partial charge in [-0.1, -0.05) is 159 Å². The summed E-state index contributed by atoms with van der Waals surface area (Å²) in [4.78, 5) is 10.6. The Hall–Kier alpha value is -7.62. The van der Waals surface area contributed by atoms with Gasteiger partial charge in [-0.25, -0.2) is 9.97 Å². The molecule has 0 atom stereocenters. The summed E-state index contributed by atoms with van der Waals surface area (Å²) in [5, 5.41) is 7.07. The van der Waals surface area contributed by atoms with Crippen LogP contribution in [0.5, 0.6) is 0 Å². The number of rotatable bonds is 5. The molecule has 0 amide bonds. The third kappa shape index (κ3) is 5.43. The summed E-state index contributed by atoms with van der Waals surface area (Å²) in [6, 6.07) is 69.5. The fourth-order valence-electron chi connectivity index (χ4n) is 9.59. The lowest BCUT2D eigenvalue weighted by molar-refractivity contribution is 0.661. The Labute approximate surface area is 348 Å². The van der Waals surface area contributed by atoms with Gasteiger partial charge < -0.3 is 4.42 Å². The molecule has 11 aromatic rings. The van der Waals surface area contributed by atoms with Gasteiger partial charge in [-0.2, -0.15) is 0 Å². The second-order valence-electron chi connectivity index (χ2n) is 16.6. The van der Waals surface area contributed by atoms with Gasteiger partial charge in [-0.15, -0.1) is 0 Å². The summed E-state index contributed by atoms with van der Waals surface area (Å²) in [6.45, 7) is 4.69. The molecule has 0 unspecified atom stereocenters. The van der Waals surface area contributed by atoms with E-state index in [4.69, 9.17) is 14.4 Å². The molecule has 0 radical (unpaired) electrons. The van der Waals surface area contributed by atoms with Crippen molar-refractivity contribution in [1.82, 2.24) is 9.97 Å². The number of hydrogen-bond donors (Lipinski definition) is 0. The van der Waals surface area contributed by atoms with Crippen LogP contribution in [0.15, 0.2) is 199 Å². The molecule has 282 valence electrons. The van der Waals surface area contributed by atoms with Crippen LogP contribution in [0.2, 0.25) is 0 Å². The first kappa shape index (κ1) is 34.4. The minimum absolute atomic E-state index is 0.153. The smallest absolute Gasteiger partial charge is 0.160 e. The van der Waals surface area contributed by atoms with E-state index >= 15 is 0 Å². The lowest BCUT2D eigenvalue weighted by atomic mass is 9.81. The number of fused-ring (bicyclic) bond motifs is 8. The highest BCUT2D eigenvalue weighted by atomic mass is 16.3. The van der Waals surface area contributed by atoms with Crippen LogP contribution in [0.4, 0.5) is 0 Å². The Morgan fingerprint density at radius 3 is 1.83 bits per heavy atom. The molecule has 0 saturated carbocycles. The van der Waals surface area contributed by atoms with E-state index in [-0.39, 0.29) is 5.41 Å². The van der Waals surface area contributed by atoms with Crippen LogP contribution in [0, 0.1) is 0 Å². The van der Waals surface area contributed by atoms with Gasteiger partial charge in [0.1, 0.15) is 11.2 Å². The van der Waals surface area contributed by atoms with E-state index in [0.717, 1.165) is 83.0 Å². The minimum Gasteiger partial charge on any atom is -0.456 e. The Bertz CT molecular complexity index is 3510. The Morgan fingerprint density at radius 1 is 0.383 bits per heavy atom. The predicted octanol–water partition coefficient (Wildman–Crippen LogP) is 15.3. The van der Waals surface area contributed by atoms with Crippen molar-refractivity contribution in [2.24, 2.45) is 0 Å². The van der Waals surface area contributed by atoms with Crippen LogP contribution >= 0.6 is 0 Å². The van der Waals surface area contributed by atoms with Gasteiger partial charge in [0.05, 0.1) is 11.4 Å². The third-order valence-corrected chi connectivity index (χ3v) is 12.6. The van der Waals surface area contributed by atoms with Crippen LogP contribution in [0.3, 0.4) is 0 Å². The molecular weight excluding hydrogens is 729 g/mol. The van der Waals surface area contributed by atoms with Crippen LogP contribution < -0.4 is 0 Å². The van der Waals surface area contributed by atoms with E-state index in [0.29, 0.717) is 5.82 Å². The zero-order valence-corrected chi connectivity index (χ0v) is 33.3. The SMILES string of the molecule is CC1(C)c2cc3ccccc3cc2-c2c(-c3cc(-c4ccc5cc(-c6cc(-c7ccccc7)cc7oc8ccccc8c67)ccc5c4)nc(-c4ccccc4)n3)cccc21. The number of furan rings is 1. The van der Waals surface area contributed by atoms with E-state index in [9.17, 15) is 0 Å². The lowest BCUT2D eigenvalue weighted by Crippen LogP contribution is -2.14. The van der Waals surface area contributed by atoms with E-state index in [1.807, 2.05) is 12.1 Å². The molecule has 0 aliphatic heterocycles. The molecule has 0 N–H and O–H groups in total. The number of nitrogens with zero attached hydrogens (tertiary/aromatic N) is 2. The van der Waals surface area contributed by atoms with E-state index in [1.165, 1.54) is 33.0 Å². The molecule has 0 fully saturated rings. The van der Waals surface area contributed by atoms with Gasteiger partial charge in [0.2, 0.25) is 0 Å². The Balaban J connectivity index is 1.01. The van der Waals surface area contributed by atoms with Crippen LogP contribution in [-0.2, 0) is 5.41 Å². The highest BCUT2D eigenvalue weighted by Crippen LogP contribution is 2.53. The molecule has 0 bridgehead atoms. The molecule has 3 heteroatoms. The summed E-state index contributed by atoms with van der Waals surface area (Å²) in [7, 11) is 0. The second kappa shape index (κ2) is 13.2. The van der Waals surface area contributed by atoms with Crippen LogP contribution in [-0.4, -0.2) is 9.97 Å². The standard InChI is InChI=1S/C57H38N2O/c1-57(2)48-22-13-21-44(54(48)47-30-37-18-9-10-19-38(37)32-49(47)57)51-34-50(58-56(59-51)36-16-7-4-8-17-36)42-27-25-39-28-41(26-24-40(39)29-42)46-31-43(35-14-5-3-6-15-35)33-53-55(46)45-20-11-12-23-52(45)60-53/h3-34H,1-2H3. The molecule has 60 heavy (non-hydrogen) atoms. The Morgan fingerprint density at radius 2 is 1.03 bits per heavy atom. The third-order valence-electron chi connectivity index (χ3n) is 12.6. The molecule has 2 heterocycles. The number of para-hydroxylation sites is 1. The molecule has 12 rings (SSSR count). The molecule has 1 aliphatic carbocycles. The van der Waals surface area contributed by atoms with Crippen molar-refractivity contribution in [3.8, 4) is 67.3 Å². The lowest BCUT2D eigenvalue weighted by Gasteiger charge is -2.22. The number of hydrogen-bond acceptors (Lipinski definition) is 3. The van der Waals surface area contributed by atoms with Gasteiger partial charge in [0.15, 0.2) is 5.82 Å². The first-order valence-corrected chi connectivity index (χ1v) is 20.6. The van der Waals surface area contributed by atoms with Crippen molar-refractivity contribution in [1.29, 1.82) is 0 Å². The van der Waals surface area contributed by atoms with Gasteiger partial charge in [-0.05, 0) is 115 Å². The van der Waals surface area contributed by atoms with Crippen LogP contribution in [0.1, 0.15) is 25.0 Å². The maximum absolute atomic E-state index is 6.47. The molecule has 2 aromatic heterocycles. The fourth-order valence-corrected chi connectivity index (χ4v) is 9.59. The van der Waals surface area contributed by atoms with Crippen molar-refractivity contribution >= 4 is 43.5 Å². The van der Waals surface area contributed by atoms with Crippen molar-refractivity contribution in [3.05, 3.63) is 205 Å². The number of benzene rings is 9. The van der Waals surface area contributed by atoms with Gasteiger partial charge >= 0.3 is 0 Å². The van der Waals surface area contributed by atoms with Crippen molar-refractivity contribution in [2.45, 2.75) is 19.3 Å². The quantitative estimate of drug-likeness (QED) is 0.175. The fraction of sp³-hybridized carbons (Fsp3) is 0.0526. The second-order valence-corrected chi connectivity index (χ2v) is 16.6. The highest BCUT2D eigenvalue weighted by Gasteiger charge is 2.37. The van der Waals surface area contributed by atoms with Crippen LogP contribution in [0.25, 0.3) is 111 Å². The number of aromatic nitrogens is 2. The Kier molecular flexibility index (Phi) is 7.58. The average molecular weight is 767 g/mol. The minimum atomic E-state index is -0.153. The highest BCUT2D eigenvalue weighted by molar-refractivity contribution is 6.14. The predicted molar refractivity (Wildman–Crippen MR) is 249 cm³/mol. The summed E-state index contributed by atoms with van der Waals surface area (Å²) in [6.07, 6.45) is 0. The summed E-state index contributed by atoms with van der Waals surface area (Å²) < 4.78 is 6.47. The van der Waals surface area contributed by atoms with Crippen molar-refractivity contribution < 1.29 is 4.42 Å². The zero-order valence-electron chi connectivity index (χ0n) is 33.3. The summed E-state index contributed by atoms with van der Waals surface area (Å²) >= 11 is 0. The van der Waals surface area contributed by atoms with Crippen molar-refractivity contribution in [2.75, 3.05) is 0 Å². The summed E-state index contributed by atoms with van der Waals surface area (Å²) in [5.41, 5.74) is 16.4. The first-order chi connectivity index (χ1) is 29.5. The monoisotopic (exact) mass is 766 g/mol. The maximum atomic E-state index is 6.47. The normalized spacial score (nSPS) is 13.0. The molecular formula is C57H38N2O. The molecule has 0 spiro atoms. The van der Waals surface area contributed by atoms with E-state index in [1.54, 1.807) is 0 Å². The van der Waals surface area contributed by atoms with Gasteiger partial charge in [0, 0.05) is 32.9 Å². The zero-order chi connectivity index (χ0) is 40.0. The largest absolute Gasteiger partial charge is 0.456 e. The maximum Gasteiger partial charge on any atom is 0.160 e. The molecule has 3 nitrogen and oxygen atoms in total. The van der Waals surface area contributed by atoms with E-state index < -0.39 is 0 Å². The molecule has 0 saturated heterocycles. The van der Waals surface area contributed by atoms with Gasteiger partial charge in [0.25, 0.3) is 0 Å². The molecule has 9 aromatic carbocycles. The van der Waals surface area contributed by atoms with Gasteiger partial charge in [-0.3, -0.25) is 0 Å². The topological polar surface area (TPSA) is 38.9 Å². The first-order valence-electron chi connectivity index (χ1n) is 20.6. The van der Waals surface area contributed by atoms with Crippen molar-refractivity contribution in [3.63, 3.8) is 0 Å². The molecule has 1 aliphatic rings. The van der Waals surface area contributed by atoms with E-state index in [2.05, 4.69) is 196 Å². The average Bonchev–Trinajstić information content (AvgIpc) is 3.79.